The van der Waals surface area contributed by atoms with E-state index < -0.39 is 17.6 Å². The summed E-state index contributed by atoms with van der Waals surface area (Å²) in [7, 11) is 0. The van der Waals surface area contributed by atoms with Crippen LogP contribution in [0.4, 0.5) is 15.8 Å². The van der Waals surface area contributed by atoms with Crippen LogP contribution in [-0.4, -0.2) is 17.9 Å². The molecule has 0 radical (unpaired) electrons. The van der Waals surface area contributed by atoms with E-state index >= 15 is 0 Å². The van der Waals surface area contributed by atoms with Gasteiger partial charge < -0.3 is 10.1 Å². The van der Waals surface area contributed by atoms with Gasteiger partial charge in [0.15, 0.2) is 0 Å². The number of carbonyl (C=O) groups is 2. The molecular formula is C26H22ClFN2O3. The highest BCUT2D eigenvalue weighted by Crippen LogP contribution is 2.35. The first-order valence-corrected chi connectivity index (χ1v) is 10.8. The Morgan fingerprint density at radius 1 is 0.970 bits per heavy atom. The molecule has 2 amide bonds. The van der Waals surface area contributed by atoms with Gasteiger partial charge in [0.2, 0.25) is 0 Å². The molecule has 0 aliphatic carbocycles. The molecule has 7 heteroatoms. The number of nitrogens with zero attached hydrogens (tertiary/aromatic N) is 1. The minimum absolute atomic E-state index is 0.00347. The molecule has 0 aromatic heterocycles. The number of carbonyl (C=O) groups excluding carboxylic acids is 2. The van der Waals surface area contributed by atoms with Gasteiger partial charge in [-0.2, -0.15) is 0 Å². The first kappa shape index (κ1) is 22.6. The van der Waals surface area contributed by atoms with E-state index in [0.29, 0.717) is 22.0 Å². The van der Waals surface area contributed by atoms with E-state index in [0.717, 1.165) is 16.5 Å². The quantitative estimate of drug-likeness (QED) is 0.456. The van der Waals surface area contributed by atoms with Gasteiger partial charge in [-0.3, -0.25) is 9.59 Å². The second-order valence-corrected chi connectivity index (χ2v) is 8.31. The van der Waals surface area contributed by atoms with Crippen molar-refractivity contribution in [3.8, 4) is 5.75 Å². The van der Waals surface area contributed by atoms with E-state index in [2.05, 4.69) is 5.32 Å². The van der Waals surface area contributed by atoms with Gasteiger partial charge in [-0.1, -0.05) is 35.9 Å². The van der Waals surface area contributed by atoms with Crippen LogP contribution in [-0.2, 0) is 9.59 Å². The van der Waals surface area contributed by atoms with Gasteiger partial charge in [0.1, 0.15) is 17.3 Å². The largest absolute Gasteiger partial charge is 0.491 e. The number of imide groups is 1. The van der Waals surface area contributed by atoms with E-state index in [1.54, 1.807) is 42.5 Å². The van der Waals surface area contributed by atoms with Gasteiger partial charge in [0, 0.05) is 10.7 Å². The Balaban J connectivity index is 1.81. The molecule has 1 aliphatic rings. The summed E-state index contributed by atoms with van der Waals surface area (Å²) < 4.78 is 19.6. The van der Waals surface area contributed by atoms with Crippen LogP contribution in [0.1, 0.15) is 25.0 Å². The van der Waals surface area contributed by atoms with Crippen molar-refractivity contribution in [3.05, 3.63) is 94.4 Å². The molecule has 0 atom stereocenters. The van der Waals surface area contributed by atoms with Crippen molar-refractivity contribution in [3.63, 3.8) is 0 Å². The number of anilines is 2. The highest BCUT2D eigenvalue weighted by Gasteiger charge is 2.40. The maximum Gasteiger partial charge on any atom is 0.282 e. The summed E-state index contributed by atoms with van der Waals surface area (Å²) in [5.74, 6) is -1.03. The first-order valence-electron chi connectivity index (χ1n) is 10.4. The van der Waals surface area contributed by atoms with Crippen molar-refractivity contribution in [1.82, 2.24) is 0 Å². The summed E-state index contributed by atoms with van der Waals surface area (Å²) >= 11 is 6.24. The normalized spacial score (nSPS) is 13.8. The Hall–Kier alpha value is -3.64. The zero-order valence-corrected chi connectivity index (χ0v) is 19.1. The third-order valence-corrected chi connectivity index (χ3v) is 5.60. The zero-order valence-electron chi connectivity index (χ0n) is 18.4. The molecule has 0 unspecified atom stereocenters. The molecule has 3 aromatic rings. The van der Waals surface area contributed by atoms with E-state index in [4.69, 9.17) is 16.3 Å². The van der Waals surface area contributed by atoms with Crippen molar-refractivity contribution in [2.24, 2.45) is 0 Å². The summed E-state index contributed by atoms with van der Waals surface area (Å²) in [6.45, 7) is 5.65. The number of halogens is 2. The van der Waals surface area contributed by atoms with Crippen LogP contribution in [0.2, 0.25) is 5.02 Å². The number of hydrogen-bond donors (Lipinski definition) is 1. The fourth-order valence-electron chi connectivity index (χ4n) is 3.61. The number of ether oxygens (including phenoxy) is 1. The Bertz CT molecular complexity index is 1270. The first-order chi connectivity index (χ1) is 15.8. The predicted molar refractivity (Wildman–Crippen MR) is 128 cm³/mol. The van der Waals surface area contributed by atoms with Crippen LogP contribution in [0.15, 0.2) is 72.4 Å². The predicted octanol–water partition coefficient (Wildman–Crippen LogP) is 5.97. The molecular weight excluding hydrogens is 443 g/mol. The summed E-state index contributed by atoms with van der Waals surface area (Å²) in [5, 5.41) is 3.62. The highest BCUT2D eigenvalue weighted by atomic mass is 35.5. The maximum absolute atomic E-state index is 13.9. The van der Waals surface area contributed by atoms with Gasteiger partial charge >= 0.3 is 0 Å². The molecule has 1 aliphatic heterocycles. The van der Waals surface area contributed by atoms with E-state index in [1.165, 1.54) is 18.2 Å². The fourth-order valence-corrected chi connectivity index (χ4v) is 3.79. The third-order valence-electron chi connectivity index (χ3n) is 5.19. The minimum Gasteiger partial charge on any atom is -0.491 e. The molecule has 33 heavy (non-hydrogen) atoms. The topological polar surface area (TPSA) is 58.6 Å². The Kier molecular flexibility index (Phi) is 6.20. The van der Waals surface area contributed by atoms with Crippen LogP contribution >= 0.6 is 11.6 Å². The summed E-state index contributed by atoms with van der Waals surface area (Å²) in [6.07, 6.45) is -0.00347. The number of hydrogen-bond acceptors (Lipinski definition) is 4. The number of rotatable bonds is 6. The Labute approximate surface area is 196 Å². The minimum atomic E-state index is -0.581. The van der Waals surface area contributed by atoms with Gasteiger partial charge in [0.05, 0.1) is 17.4 Å². The number of amides is 2. The molecule has 4 rings (SSSR count). The summed E-state index contributed by atoms with van der Waals surface area (Å²) in [6, 6.07) is 17.6. The standard InChI is InChI=1S/C26H22ClFN2O3/c1-15(2)33-20-12-10-17(11-13-20)23-24(29-22-9-5-8-21(27)16(22)3)26(32)30(25(23)31)19-7-4-6-18(28)14-19/h4-15,29H,1-3H3. The Morgan fingerprint density at radius 2 is 1.67 bits per heavy atom. The van der Waals surface area contributed by atoms with Crippen LogP contribution in [0.5, 0.6) is 5.75 Å². The molecule has 1 heterocycles. The summed E-state index contributed by atoms with van der Waals surface area (Å²) in [5.41, 5.74) is 2.28. The van der Waals surface area contributed by atoms with Crippen molar-refractivity contribution in [1.29, 1.82) is 0 Å². The molecule has 1 N–H and O–H groups in total. The fraction of sp³-hybridized carbons (Fsp3) is 0.154. The highest BCUT2D eigenvalue weighted by molar-refractivity contribution is 6.46. The van der Waals surface area contributed by atoms with Crippen LogP contribution < -0.4 is 15.0 Å². The monoisotopic (exact) mass is 464 g/mol. The molecule has 0 spiro atoms. The number of benzene rings is 3. The molecule has 0 saturated carbocycles. The molecule has 0 bridgehead atoms. The van der Waals surface area contributed by atoms with Gasteiger partial charge in [-0.25, -0.2) is 9.29 Å². The lowest BCUT2D eigenvalue weighted by molar-refractivity contribution is -0.120. The SMILES string of the molecule is Cc1c(Cl)cccc1NC1=C(c2ccc(OC(C)C)cc2)C(=O)N(c2cccc(F)c2)C1=O. The molecule has 168 valence electrons. The van der Waals surface area contributed by atoms with Crippen LogP contribution in [0.3, 0.4) is 0 Å². The van der Waals surface area contributed by atoms with Gasteiger partial charge in [-0.05, 0) is 74.4 Å². The lowest BCUT2D eigenvalue weighted by atomic mass is 10.0. The van der Waals surface area contributed by atoms with Crippen molar-refractivity contribution >= 4 is 40.4 Å². The second kappa shape index (κ2) is 9.08. The van der Waals surface area contributed by atoms with Crippen LogP contribution in [0, 0.1) is 12.7 Å². The lowest BCUT2D eigenvalue weighted by Gasteiger charge is -2.16. The van der Waals surface area contributed by atoms with Gasteiger partial charge in [-0.15, -0.1) is 0 Å². The van der Waals surface area contributed by atoms with Crippen LogP contribution in [0.25, 0.3) is 5.57 Å². The Morgan fingerprint density at radius 3 is 2.33 bits per heavy atom. The number of nitrogens with one attached hydrogen (secondary N) is 1. The molecule has 5 nitrogen and oxygen atoms in total. The molecule has 0 saturated heterocycles. The average Bonchev–Trinajstić information content (AvgIpc) is 3.01. The van der Waals surface area contributed by atoms with Crippen molar-refractivity contribution < 1.29 is 18.7 Å². The molecule has 0 fully saturated rings. The van der Waals surface area contributed by atoms with E-state index in [9.17, 15) is 14.0 Å². The van der Waals surface area contributed by atoms with Crippen molar-refractivity contribution in [2.75, 3.05) is 10.2 Å². The van der Waals surface area contributed by atoms with Crippen molar-refractivity contribution in [2.45, 2.75) is 26.9 Å². The maximum atomic E-state index is 13.9. The second-order valence-electron chi connectivity index (χ2n) is 7.90. The summed E-state index contributed by atoms with van der Waals surface area (Å²) in [4.78, 5) is 27.9. The average molecular weight is 465 g/mol. The van der Waals surface area contributed by atoms with Gasteiger partial charge in [0.25, 0.3) is 11.8 Å². The van der Waals surface area contributed by atoms with E-state index in [1.807, 2.05) is 20.8 Å². The zero-order chi connectivity index (χ0) is 23.7. The molecule has 3 aromatic carbocycles. The third kappa shape index (κ3) is 4.47. The lowest BCUT2D eigenvalue weighted by Crippen LogP contribution is -2.32. The van der Waals surface area contributed by atoms with E-state index in [-0.39, 0.29) is 23.1 Å². The smallest absolute Gasteiger partial charge is 0.282 e.